The average molecular weight is 561 g/mol. The summed E-state index contributed by atoms with van der Waals surface area (Å²) in [6, 6.07) is 11.5. The Balaban J connectivity index is 1.43. The lowest BCUT2D eigenvalue weighted by molar-refractivity contribution is -0.118. The van der Waals surface area contributed by atoms with E-state index >= 15 is 0 Å². The molecule has 2 aliphatic rings. The molecule has 0 bridgehead atoms. The number of hydrogen-bond donors (Lipinski definition) is 2. The number of nitrogens with one attached hydrogen (secondary N) is 1. The van der Waals surface area contributed by atoms with Crippen LogP contribution < -0.4 is 16.0 Å². The highest BCUT2D eigenvalue weighted by atomic mass is 32.2. The molecule has 1 unspecified atom stereocenters. The topological polar surface area (TPSA) is 138 Å². The molecule has 2 aromatic heterocycles. The van der Waals surface area contributed by atoms with Crippen LogP contribution in [0, 0.1) is 30.6 Å². The Labute approximate surface area is 234 Å². The number of rotatable bonds is 6. The number of nitrogens with zero attached hydrogens (tertiary/aromatic N) is 4. The van der Waals surface area contributed by atoms with Gasteiger partial charge in [-0.2, -0.15) is 5.26 Å². The van der Waals surface area contributed by atoms with E-state index < -0.39 is 5.92 Å². The summed E-state index contributed by atoms with van der Waals surface area (Å²) in [7, 11) is 0. The Morgan fingerprint density at radius 2 is 2.08 bits per heavy atom. The van der Waals surface area contributed by atoms with Crippen LogP contribution in [0.25, 0.3) is 0 Å². The van der Waals surface area contributed by atoms with Gasteiger partial charge in [0.1, 0.15) is 11.6 Å². The third-order valence-corrected chi connectivity index (χ3v) is 9.04. The van der Waals surface area contributed by atoms with Crippen molar-refractivity contribution in [3.8, 4) is 6.07 Å². The molecule has 0 saturated heterocycles. The third-order valence-electron chi connectivity index (χ3n) is 7.00. The summed E-state index contributed by atoms with van der Waals surface area (Å²) in [4.78, 5) is 27.8. The van der Waals surface area contributed by atoms with E-state index in [0.29, 0.717) is 39.3 Å². The number of anilines is 2. The van der Waals surface area contributed by atoms with Crippen LogP contribution >= 0.6 is 23.1 Å². The second kappa shape index (κ2) is 10.4. The number of Topliss-reactive ketones (excluding diaryl/α,β-unsaturated/α-hetero) is 1. The number of aromatic nitrogens is 2. The minimum absolute atomic E-state index is 0.0462. The lowest BCUT2D eigenvalue weighted by Crippen LogP contribution is -2.42. The fourth-order valence-corrected chi connectivity index (χ4v) is 6.70. The van der Waals surface area contributed by atoms with Crippen molar-refractivity contribution in [1.82, 2.24) is 10.2 Å². The first-order valence-corrected chi connectivity index (χ1v) is 14.2. The first-order valence-electron chi connectivity index (χ1n) is 12.4. The predicted molar refractivity (Wildman–Crippen MR) is 151 cm³/mol. The molecule has 3 N–H and O–H groups in total. The molecule has 3 aromatic rings. The molecule has 200 valence electrons. The maximum Gasteiger partial charge on any atom is 0.234 e. The minimum atomic E-state index is -0.671. The fraction of sp³-hybridized carbons (Fsp3) is 0.321. The van der Waals surface area contributed by atoms with Gasteiger partial charge in [0.25, 0.3) is 0 Å². The van der Waals surface area contributed by atoms with Gasteiger partial charge in [-0.15, -0.1) is 10.2 Å². The molecule has 39 heavy (non-hydrogen) atoms. The molecule has 0 saturated carbocycles. The van der Waals surface area contributed by atoms with E-state index in [2.05, 4.69) is 21.6 Å². The maximum absolute atomic E-state index is 13.5. The number of amides is 1. The summed E-state index contributed by atoms with van der Waals surface area (Å²) in [6.07, 6.45) is 2.43. The van der Waals surface area contributed by atoms with Gasteiger partial charge in [0.15, 0.2) is 10.1 Å². The van der Waals surface area contributed by atoms with Crippen molar-refractivity contribution in [2.45, 2.75) is 50.8 Å². The van der Waals surface area contributed by atoms with Crippen LogP contribution in [0.1, 0.15) is 49.5 Å². The predicted octanol–water partition coefficient (Wildman–Crippen LogP) is 5.42. The zero-order valence-electron chi connectivity index (χ0n) is 22.1. The van der Waals surface area contributed by atoms with Crippen molar-refractivity contribution < 1.29 is 14.0 Å². The van der Waals surface area contributed by atoms with Crippen molar-refractivity contribution in [2.24, 2.45) is 11.1 Å². The van der Waals surface area contributed by atoms with Crippen LogP contribution in [0.15, 0.2) is 68.0 Å². The van der Waals surface area contributed by atoms with E-state index in [9.17, 15) is 14.9 Å². The van der Waals surface area contributed by atoms with E-state index in [1.165, 1.54) is 29.4 Å². The molecule has 1 aromatic carbocycles. The van der Waals surface area contributed by atoms with Gasteiger partial charge < -0.3 is 15.5 Å². The number of thioether (sulfide) groups is 1. The molecule has 0 fully saturated rings. The van der Waals surface area contributed by atoms with Gasteiger partial charge in [0.2, 0.25) is 11.0 Å². The Hall–Kier alpha value is -3.88. The minimum Gasteiger partial charge on any atom is -0.468 e. The number of hydrogen-bond acceptors (Lipinski definition) is 10. The molecule has 0 radical (unpaired) electrons. The molecule has 1 aliphatic heterocycles. The summed E-state index contributed by atoms with van der Waals surface area (Å²) in [5.74, 6) is -0.0239. The normalized spacial score (nSPS) is 18.7. The number of nitrogens with two attached hydrogens (primary N) is 1. The summed E-state index contributed by atoms with van der Waals surface area (Å²) in [6.45, 7) is 8.03. The Morgan fingerprint density at radius 3 is 2.79 bits per heavy atom. The van der Waals surface area contributed by atoms with Crippen LogP contribution in [-0.2, 0) is 9.59 Å². The molecule has 3 heterocycles. The van der Waals surface area contributed by atoms with Crippen LogP contribution in [0.2, 0.25) is 0 Å². The Kier molecular flexibility index (Phi) is 7.09. The van der Waals surface area contributed by atoms with Crippen LogP contribution in [0.4, 0.5) is 10.8 Å². The largest absolute Gasteiger partial charge is 0.468 e. The summed E-state index contributed by atoms with van der Waals surface area (Å²) in [5.41, 5.74) is 10.7. The molecule has 11 heteroatoms. The van der Waals surface area contributed by atoms with Gasteiger partial charge >= 0.3 is 0 Å². The molecular weight excluding hydrogens is 532 g/mol. The van der Waals surface area contributed by atoms with E-state index in [1.54, 1.807) is 17.0 Å². The number of allylic oxidation sites excluding steroid dienone is 3. The van der Waals surface area contributed by atoms with E-state index in [-0.39, 0.29) is 34.3 Å². The van der Waals surface area contributed by atoms with Crippen molar-refractivity contribution in [1.29, 1.82) is 5.26 Å². The molecule has 1 aliphatic carbocycles. The third kappa shape index (κ3) is 5.10. The average Bonchev–Trinajstić information content (AvgIpc) is 3.57. The van der Waals surface area contributed by atoms with Gasteiger partial charge in [0, 0.05) is 23.4 Å². The monoisotopic (exact) mass is 560 g/mol. The lowest BCUT2D eigenvalue weighted by Gasteiger charge is -2.42. The molecule has 5 rings (SSSR count). The first kappa shape index (κ1) is 26.7. The van der Waals surface area contributed by atoms with Gasteiger partial charge in [-0.1, -0.05) is 49.1 Å². The SMILES string of the molecule is Cc1cccc(NC(=O)CSc2nnc(N3C(N)=C(C#N)C(c4ccco4)C4=C3CC(C)(C)CC4=O)s2)c1C. The van der Waals surface area contributed by atoms with Gasteiger partial charge in [-0.05, 0) is 55.0 Å². The van der Waals surface area contributed by atoms with Gasteiger partial charge in [0.05, 0.1) is 29.6 Å². The fourth-order valence-electron chi connectivity index (χ4n) is 5.02. The molecule has 1 atom stereocenters. The summed E-state index contributed by atoms with van der Waals surface area (Å²) < 4.78 is 6.22. The maximum atomic E-state index is 13.5. The number of nitriles is 1. The highest BCUT2D eigenvalue weighted by Crippen LogP contribution is 2.50. The lowest BCUT2D eigenvalue weighted by atomic mass is 9.69. The molecule has 1 amide bonds. The zero-order chi connectivity index (χ0) is 27.9. The number of aryl methyl sites for hydroxylation is 1. The highest BCUT2D eigenvalue weighted by Gasteiger charge is 2.46. The zero-order valence-corrected chi connectivity index (χ0v) is 23.7. The number of carbonyl (C=O) groups is 2. The van der Waals surface area contributed by atoms with Crippen molar-refractivity contribution in [3.63, 3.8) is 0 Å². The Bertz CT molecular complexity index is 1560. The highest BCUT2D eigenvalue weighted by molar-refractivity contribution is 8.01. The number of ketones is 1. The van der Waals surface area contributed by atoms with Crippen LogP contribution in [-0.4, -0.2) is 27.6 Å². The van der Waals surface area contributed by atoms with Crippen LogP contribution in [0.3, 0.4) is 0 Å². The van der Waals surface area contributed by atoms with Crippen molar-refractivity contribution in [2.75, 3.05) is 16.0 Å². The van der Waals surface area contributed by atoms with Crippen LogP contribution in [0.5, 0.6) is 0 Å². The quantitative estimate of drug-likeness (QED) is 0.378. The van der Waals surface area contributed by atoms with Crippen molar-refractivity contribution in [3.05, 3.63) is 76.1 Å². The number of furan rings is 1. The first-order chi connectivity index (χ1) is 18.6. The number of benzene rings is 1. The molecule has 0 spiro atoms. The smallest absolute Gasteiger partial charge is 0.234 e. The van der Waals surface area contributed by atoms with Gasteiger partial charge in [-0.3, -0.25) is 14.5 Å². The van der Waals surface area contributed by atoms with E-state index in [4.69, 9.17) is 10.2 Å². The molecular formula is C28H28N6O3S2. The Morgan fingerprint density at radius 1 is 1.28 bits per heavy atom. The molecule has 9 nitrogen and oxygen atoms in total. The number of carbonyl (C=O) groups excluding carboxylic acids is 2. The van der Waals surface area contributed by atoms with E-state index in [0.717, 1.165) is 16.8 Å². The summed E-state index contributed by atoms with van der Waals surface area (Å²) in [5, 5.41) is 22.1. The summed E-state index contributed by atoms with van der Waals surface area (Å²) >= 11 is 2.52. The van der Waals surface area contributed by atoms with Gasteiger partial charge in [-0.25, -0.2) is 0 Å². The second-order valence-electron chi connectivity index (χ2n) is 10.4. The second-order valence-corrected chi connectivity index (χ2v) is 12.6. The van der Waals surface area contributed by atoms with Crippen molar-refractivity contribution >= 4 is 45.6 Å². The standard InChI is InChI=1S/C28H28N6O3S2/c1-15-7-5-8-18(16(15)2)31-22(36)14-38-27-33-32-26(39-27)34-19-11-28(3,4)12-20(35)24(19)23(17(13-29)25(34)30)21-9-6-10-37-21/h5-10,23H,11-12,14,30H2,1-4H3,(H,31,36). The van der Waals surface area contributed by atoms with E-state index in [1.807, 2.05) is 45.9 Å².